The monoisotopic (exact) mass is 231 g/mol. The third kappa shape index (κ3) is 3.28. The minimum atomic E-state index is -0.276. The molecule has 0 atom stereocenters. The highest BCUT2D eigenvalue weighted by molar-refractivity contribution is 5.29. The first-order chi connectivity index (χ1) is 8.13. The highest BCUT2D eigenvalue weighted by atomic mass is 19.1. The fraction of sp³-hybridized carbons (Fsp3) is 0.214. The number of ether oxygens (including phenoxy) is 1. The van der Waals surface area contributed by atoms with Crippen molar-refractivity contribution < 1.29 is 9.13 Å². The fourth-order valence-corrected chi connectivity index (χ4v) is 1.54. The zero-order valence-corrected chi connectivity index (χ0v) is 9.90. The summed E-state index contributed by atoms with van der Waals surface area (Å²) in [4.78, 5) is 4.17. The summed E-state index contributed by atoms with van der Waals surface area (Å²) in [7, 11) is 0. The van der Waals surface area contributed by atoms with Crippen molar-refractivity contribution in [1.82, 2.24) is 4.98 Å². The van der Waals surface area contributed by atoms with Gasteiger partial charge in [-0.3, -0.25) is 4.98 Å². The van der Waals surface area contributed by atoms with Crippen molar-refractivity contribution in [1.29, 1.82) is 0 Å². The molecule has 0 saturated heterocycles. The third-order valence-corrected chi connectivity index (χ3v) is 2.39. The summed E-state index contributed by atoms with van der Waals surface area (Å²) in [6, 6.07) is 8.55. The number of benzene rings is 1. The Morgan fingerprint density at radius 3 is 2.65 bits per heavy atom. The smallest absolute Gasteiger partial charge is 0.127 e. The van der Waals surface area contributed by atoms with E-state index in [-0.39, 0.29) is 5.82 Å². The molecule has 88 valence electrons. The number of nitrogens with zero attached hydrogens (tertiary/aromatic N) is 1. The van der Waals surface area contributed by atoms with E-state index in [1.54, 1.807) is 6.20 Å². The molecule has 0 saturated carbocycles. The number of aryl methyl sites for hydroxylation is 2. The number of halogens is 1. The van der Waals surface area contributed by atoms with Crippen molar-refractivity contribution in [3.63, 3.8) is 0 Å². The van der Waals surface area contributed by atoms with Crippen LogP contribution in [0.3, 0.4) is 0 Å². The molecule has 0 amide bonds. The Morgan fingerprint density at radius 1 is 1.18 bits per heavy atom. The summed E-state index contributed by atoms with van der Waals surface area (Å²) in [5, 5.41) is 0. The van der Waals surface area contributed by atoms with Crippen LogP contribution in [0.25, 0.3) is 0 Å². The zero-order valence-electron chi connectivity index (χ0n) is 9.90. The molecule has 2 nitrogen and oxygen atoms in total. The topological polar surface area (TPSA) is 22.1 Å². The van der Waals surface area contributed by atoms with E-state index < -0.39 is 0 Å². The van der Waals surface area contributed by atoms with Gasteiger partial charge >= 0.3 is 0 Å². The first kappa shape index (κ1) is 11.6. The summed E-state index contributed by atoms with van der Waals surface area (Å²) < 4.78 is 18.6. The molecule has 0 unspecified atom stereocenters. The minimum absolute atomic E-state index is 0.276. The summed E-state index contributed by atoms with van der Waals surface area (Å²) in [5.41, 5.74) is 2.79. The molecular formula is C14H14FNO. The first-order valence-electron chi connectivity index (χ1n) is 5.45. The molecular weight excluding hydrogens is 217 g/mol. The van der Waals surface area contributed by atoms with Gasteiger partial charge < -0.3 is 4.74 Å². The van der Waals surface area contributed by atoms with Crippen LogP contribution in [0, 0.1) is 19.7 Å². The van der Waals surface area contributed by atoms with E-state index in [9.17, 15) is 4.39 Å². The van der Waals surface area contributed by atoms with Crippen molar-refractivity contribution in [2.75, 3.05) is 0 Å². The van der Waals surface area contributed by atoms with E-state index in [1.165, 1.54) is 12.1 Å². The van der Waals surface area contributed by atoms with Crippen LogP contribution in [0.5, 0.6) is 5.75 Å². The second-order valence-electron chi connectivity index (χ2n) is 4.06. The standard InChI is InChI=1S/C14H14FNO/c1-10-5-13(15)7-14(6-10)17-9-12-4-3-11(2)16-8-12/h3-8H,9H2,1-2H3. The Kier molecular flexibility index (Phi) is 3.38. The molecule has 0 fully saturated rings. The quantitative estimate of drug-likeness (QED) is 0.807. The molecule has 0 N–H and O–H groups in total. The molecule has 2 aromatic rings. The van der Waals surface area contributed by atoms with E-state index in [0.29, 0.717) is 12.4 Å². The largest absolute Gasteiger partial charge is 0.489 e. The van der Waals surface area contributed by atoms with Gasteiger partial charge in [0, 0.05) is 23.5 Å². The minimum Gasteiger partial charge on any atom is -0.489 e. The molecule has 0 aliphatic carbocycles. The third-order valence-electron chi connectivity index (χ3n) is 2.39. The number of aromatic nitrogens is 1. The van der Waals surface area contributed by atoms with Gasteiger partial charge in [0.1, 0.15) is 18.2 Å². The number of rotatable bonds is 3. The van der Waals surface area contributed by atoms with Gasteiger partial charge in [-0.1, -0.05) is 6.07 Å². The number of hydrogen-bond acceptors (Lipinski definition) is 2. The molecule has 0 bridgehead atoms. The van der Waals surface area contributed by atoms with Crippen molar-refractivity contribution in [2.45, 2.75) is 20.5 Å². The second kappa shape index (κ2) is 4.95. The normalized spacial score (nSPS) is 10.3. The summed E-state index contributed by atoms with van der Waals surface area (Å²) in [5.74, 6) is 0.269. The molecule has 0 radical (unpaired) electrons. The van der Waals surface area contributed by atoms with Gasteiger partial charge in [0.05, 0.1) is 0 Å². The van der Waals surface area contributed by atoms with Crippen LogP contribution in [0.15, 0.2) is 36.5 Å². The Bertz CT molecular complexity index is 488. The van der Waals surface area contributed by atoms with Gasteiger partial charge in [-0.2, -0.15) is 0 Å². The van der Waals surface area contributed by atoms with Crippen LogP contribution in [0.2, 0.25) is 0 Å². The maximum absolute atomic E-state index is 13.1. The van der Waals surface area contributed by atoms with Crippen molar-refractivity contribution in [3.8, 4) is 5.75 Å². The van der Waals surface area contributed by atoms with E-state index in [4.69, 9.17) is 4.74 Å². The lowest BCUT2D eigenvalue weighted by Crippen LogP contribution is -1.97. The highest BCUT2D eigenvalue weighted by Crippen LogP contribution is 2.17. The van der Waals surface area contributed by atoms with Gasteiger partial charge in [-0.25, -0.2) is 4.39 Å². The molecule has 0 aliphatic heterocycles. The van der Waals surface area contributed by atoms with Gasteiger partial charge in [0.2, 0.25) is 0 Å². The SMILES string of the molecule is Cc1cc(F)cc(OCc2ccc(C)nc2)c1. The van der Waals surface area contributed by atoms with Gasteiger partial charge in [0.15, 0.2) is 0 Å². The average Bonchev–Trinajstić information content (AvgIpc) is 2.27. The lowest BCUT2D eigenvalue weighted by atomic mass is 10.2. The van der Waals surface area contributed by atoms with Crippen LogP contribution in [-0.2, 0) is 6.61 Å². The fourth-order valence-electron chi connectivity index (χ4n) is 1.54. The Hall–Kier alpha value is -1.90. The molecule has 3 heteroatoms. The second-order valence-corrected chi connectivity index (χ2v) is 4.06. The average molecular weight is 231 g/mol. The molecule has 1 aromatic heterocycles. The van der Waals surface area contributed by atoms with E-state index >= 15 is 0 Å². The van der Waals surface area contributed by atoms with Crippen LogP contribution < -0.4 is 4.74 Å². The van der Waals surface area contributed by atoms with Crippen LogP contribution in [0.1, 0.15) is 16.8 Å². The first-order valence-corrected chi connectivity index (χ1v) is 5.45. The van der Waals surface area contributed by atoms with Crippen molar-refractivity contribution in [3.05, 3.63) is 59.2 Å². The maximum atomic E-state index is 13.1. The molecule has 2 rings (SSSR count). The Morgan fingerprint density at radius 2 is 2.00 bits per heavy atom. The van der Waals surface area contributed by atoms with E-state index in [1.807, 2.05) is 32.0 Å². The van der Waals surface area contributed by atoms with Crippen molar-refractivity contribution in [2.24, 2.45) is 0 Å². The van der Waals surface area contributed by atoms with Crippen LogP contribution in [-0.4, -0.2) is 4.98 Å². The molecule has 1 heterocycles. The van der Waals surface area contributed by atoms with Gasteiger partial charge in [-0.15, -0.1) is 0 Å². The lowest BCUT2D eigenvalue weighted by molar-refractivity contribution is 0.304. The Labute approximate surface area is 100 Å². The maximum Gasteiger partial charge on any atom is 0.127 e. The molecule has 1 aromatic carbocycles. The van der Waals surface area contributed by atoms with Gasteiger partial charge in [0.25, 0.3) is 0 Å². The van der Waals surface area contributed by atoms with Crippen LogP contribution >= 0.6 is 0 Å². The van der Waals surface area contributed by atoms with Crippen LogP contribution in [0.4, 0.5) is 4.39 Å². The van der Waals surface area contributed by atoms with Gasteiger partial charge in [-0.05, 0) is 37.6 Å². The number of hydrogen-bond donors (Lipinski definition) is 0. The summed E-state index contributed by atoms with van der Waals surface area (Å²) >= 11 is 0. The number of pyridine rings is 1. The lowest BCUT2D eigenvalue weighted by Gasteiger charge is -2.07. The molecule has 17 heavy (non-hydrogen) atoms. The molecule has 0 aliphatic rings. The summed E-state index contributed by atoms with van der Waals surface area (Å²) in [6.45, 7) is 4.17. The van der Waals surface area contributed by atoms with E-state index in [2.05, 4.69) is 4.98 Å². The molecule has 0 spiro atoms. The summed E-state index contributed by atoms with van der Waals surface area (Å²) in [6.07, 6.45) is 1.77. The highest BCUT2D eigenvalue weighted by Gasteiger charge is 2.00. The zero-order chi connectivity index (χ0) is 12.3. The predicted molar refractivity (Wildman–Crippen MR) is 64.4 cm³/mol. The van der Waals surface area contributed by atoms with Crippen molar-refractivity contribution >= 4 is 0 Å². The Balaban J connectivity index is 2.04. The predicted octanol–water partition coefficient (Wildman–Crippen LogP) is 3.42. The van der Waals surface area contributed by atoms with E-state index in [0.717, 1.165) is 16.8 Å².